The molecule has 6 nitrogen and oxygen atoms in total. The fourth-order valence-corrected chi connectivity index (χ4v) is 4.56. The van der Waals surface area contributed by atoms with Gasteiger partial charge in [-0.05, 0) is 91.6 Å². The number of nitrogens with one attached hydrogen (secondary N) is 1. The third-order valence-corrected chi connectivity index (χ3v) is 6.43. The van der Waals surface area contributed by atoms with Crippen molar-refractivity contribution >= 4 is 44.2 Å². The monoisotopic (exact) mass is 506 g/mol. The number of amides is 1. The minimum absolute atomic E-state index is 0.0483. The molecule has 0 aliphatic heterocycles. The Hall–Kier alpha value is -2.55. The molecular formula is C25H28ClFN2O4S. The van der Waals surface area contributed by atoms with Crippen LogP contribution >= 0.6 is 11.6 Å². The molecule has 0 bridgehead atoms. The van der Waals surface area contributed by atoms with Gasteiger partial charge in [-0.1, -0.05) is 18.5 Å². The van der Waals surface area contributed by atoms with E-state index in [1.54, 1.807) is 24.3 Å². The molecule has 0 spiro atoms. The molecule has 2 N–H and O–H groups in total. The van der Waals surface area contributed by atoms with Crippen LogP contribution in [0, 0.1) is 17.7 Å². The number of aromatic nitrogens is 1. The molecule has 1 unspecified atom stereocenters. The molecule has 4 rings (SSSR count). The van der Waals surface area contributed by atoms with E-state index in [0.717, 1.165) is 42.3 Å². The number of halogens is 2. The minimum atomic E-state index is -3.67. The maximum absolute atomic E-state index is 13.8. The average molecular weight is 507 g/mol. The van der Waals surface area contributed by atoms with E-state index in [0.29, 0.717) is 23.1 Å². The van der Waals surface area contributed by atoms with Crippen LogP contribution in [0.2, 0.25) is 5.02 Å². The fourth-order valence-electron chi connectivity index (χ4n) is 4.43. The smallest absolute Gasteiger partial charge is 0.261 e. The van der Waals surface area contributed by atoms with Gasteiger partial charge in [0.1, 0.15) is 5.82 Å². The largest absolute Gasteiger partial charge is 0.326 e. The summed E-state index contributed by atoms with van der Waals surface area (Å²) in [6, 6.07) is 14.0. The van der Waals surface area contributed by atoms with E-state index < -0.39 is 10.1 Å². The summed E-state index contributed by atoms with van der Waals surface area (Å²) in [5.41, 5.74) is 2.78. The maximum atomic E-state index is 13.8. The van der Waals surface area contributed by atoms with Gasteiger partial charge in [0.2, 0.25) is 5.91 Å². The molecule has 1 amide bonds. The second-order valence-electron chi connectivity index (χ2n) is 8.69. The standard InChI is InChI=1S/C24H24ClFN2O.CH4O3S/c1-15(24(29)28-20-9-6-18(25)7-10-20)16-2-4-17(5-3-16)21-12-13-27-23-11-8-19(26)14-22(21)23;1-5(2,3)4/h6-17H,2-5H2,1H3,(H,28,29);1H3,(H,2,3,4). The molecule has 2 aromatic carbocycles. The van der Waals surface area contributed by atoms with E-state index in [-0.39, 0.29) is 17.6 Å². The van der Waals surface area contributed by atoms with Gasteiger partial charge >= 0.3 is 0 Å². The second-order valence-corrected chi connectivity index (χ2v) is 10.6. The molecule has 1 saturated carbocycles. The van der Waals surface area contributed by atoms with E-state index in [2.05, 4.69) is 10.3 Å². The lowest BCUT2D eigenvalue weighted by Crippen LogP contribution is -2.29. The van der Waals surface area contributed by atoms with Crippen molar-refractivity contribution in [1.82, 2.24) is 4.98 Å². The Balaban J connectivity index is 0.000000588. The van der Waals surface area contributed by atoms with Gasteiger partial charge in [-0.25, -0.2) is 4.39 Å². The zero-order valence-corrected chi connectivity index (χ0v) is 20.6. The molecule has 34 heavy (non-hydrogen) atoms. The Morgan fingerprint density at radius 2 is 1.74 bits per heavy atom. The first-order valence-corrected chi connectivity index (χ1v) is 13.3. The Labute approximate surface area is 204 Å². The highest BCUT2D eigenvalue weighted by molar-refractivity contribution is 7.85. The number of hydrogen-bond donors (Lipinski definition) is 2. The van der Waals surface area contributed by atoms with E-state index in [9.17, 15) is 17.6 Å². The van der Waals surface area contributed by atoms with Crippen molar-refractivity contribution in [2.75, 3.05) is 11.6 Å². The molecular weight excluding hydrogens is 479 g/mol. The highest BCUT2D eigenvalue weighted by Gasteiger charge is 2.30. The topological polar surface area (TPSA) is 96.4 Å². The van der Waals surface area contributed by atoms with Gasteiger partial charge < -0.3 is 5.32 Å². The van der Waals surface area contributed by atoms with Gasteiger partial charge in [-0.2, -0.15) is 8.42 Å². The van der Waals surface area contributed by atoms with Gasteiger partial charge in [-0.15, -0.1) is 0 Å². The van der Waals surface area contributed by atoms with E-state index in [1.807, 2.05) is 31.3 Å². The second kappa shape index (κ2) is 11.3. The number of rotatable bonds is 4. The number of anilines is 1. The van der Waals surface area contributed by atoms with E-state index >= 15 is 0 Å². The lowest BCUT2D eigenvalue weighted by Gasteiger charge is -2.32. The number of nitrogens with zero attached hydrogens (tertiary/aromatic N) is 1. The van der Waals surface area contributed by atoms with Gasteiger partial charge in [0, 0.05) is 28.2 Å². The molecule has 182 valence electrons. The van der Waals surface area contributed by atoms with Crippen molar-refractivity contribution in [1.29, 1.82) is 0 Å². The van der Waals surface area contributed by atoms with Crippen LogP contribution in [0.4, 0.5) is 10.1 Å². The number of fused-ring (bicyclic) bond motifs is 1. The highest BCUT2D eigenvalue weighted by atomic mass is 35.5. The average Bonchev–Trinajstić information content (AvgIpc) is 2.78. The Morgan fingerprint density at radius 1 is 1.12 bits per heavy atom. The normalized spacial score (nSPS) is 19.1. The molecule has 1 fully saturated rings. The van der Waals surface area contributed by atoms with Crippen LogP contribution in [0.15, 0.2) is 54.7 Å². The summed E-state index contributed by atoms with van der Waals surface area (Å²) in [6.07, 6.45) is 6.49. The van der Waals surface area contributed by atoms with Crippen LogP contribution in [0.3, 0.4) is 0 Å². The van der Waals surface area contributed by atoms with Crippen LogP contribution < -0.4 is 5.32 Å². The van der Waals surface area contributed by atoms with Crippen LogP contribution in [0.25, 0.3) is 10.9 Å². The number of hydrogen-bond acceptors (Lipinski definition) is 4. The number of pyridine rings is 1. The van der Waals surface area contributed by atoms with Crippen molar-refractivity contribution in [2.45, 2.75) is 38.5 Å². The molecule has 0 radical (unpaired) electrons. The third kappa shape index (κ3) is 7.48. The predicted octanol–water partition coefficient (Wildman–Crippen LogP) is 6.08. The van der Waals surface area contributed by atoms with Crippen LogP contribution in [-0.4, -0.2) is 30.1 Å². The van der Waals surface area contributed by atoms with Gasteiger partial charge in [0.05, 0.1) is 11.8 Å². The van der Waals surface area contributed by atoms with E-state index in [4.69, 9.17) is 16.2 Å². The number of benzene rings is 2. The maximum Gasteiger partial charge on any atom is 0.261 e. The van der Waals surface area contributed by atoms with Gasteiger partial charge in [-0.3, -0.25) is 14.3 Å². The first kappa shape index (κ1) is 26.1. The van der Waals surface area contributed by atoms with Crippen molar-refractivity contribution in [2.24, 2.45) is 11.8 Å². The van der Waals surface area contributed by atoms with Gasteiger partial charge in [0.15, 0.2) is 0 Å². The van der Waals surface area contributed by atoms with Crippen LogP contribution in [-0.2, 0) is 14.9 Å². The fraction of sp³-hybridized carbons (Fsp3) is 0.360. The highest BCUT2D eigenvalue weighted by Crippen LogP contribution is 2.41. The molecule has 1 aromatic heterocycles. The first-order valence-electron chi connectivity index (χ1n) is 11.0. The van der Waals surface area contributed by atoms with Crippen molar-refractivity contribution < 1.29 is 22.2 Å². The minimum Gasteiger partial charge on any atom is -0.326 e. The summed E-state index contributed by atoms with van der Waals surface area (Å²) in [5.74, 6) is 0.492. The molecule has 1 heterocycles. The van der Waals surface area contributed by atoms with Gasteiger partial charge in [0.25, 0.3) is 10.1 Å². The van der Waals surface area contributed by atoms with Crippen molar-refractivity contribution in [3.63, 3.8) is 0 Å². The van der Waals surface area contributed by atoms with Crippen LogP contribution in [0.5, 0.6) is 0 Å². The van der Waals surface area contributed by atoms with E-state index in [1.165, 1.54) is 11.6 Å². The molecule has 9 heteroatoms. The summed E-state index contributed by atoms with van der Waals surface area (Å²) in [6.45, 7) is 2.01. The molecule has 3 aromatic rings. The Morgan fingerprint density at radius 3 is 2.35 bits per heavy atom. The SMILES string of the molecule is CC(C(=O)Nc1ccc(Cl)cc1)C1CCC(c2ccnc3ccc(F)cc23)CC1.CS(=O)(=O)O. The molecule has 1 atom stereocenters. The Bertz CT molecular complexity index is 1240. The first-order chi connectivity index (χ1) is 16.0. The lowest BCUT2D eigenvalue weighted by atomic mass is 9.73. The number of carbonyl (C=O) groups excluding carboxylic acids is 1. The molecule has 1 aliphatic carbocycles. The zero-order valence-electron chi connectivity index (χ0n) is 19.0. The predicted molar refractivity (Wildman–Crippen MR) is 133 cm³/mol. The summed E-state index contributed by atoms with van der Waals surface area (Å²) < 4.78 is 39.6. The third-order valence-electron chi connectivity index (χ3n) is 6.18. The number of carbonyl (C=O) groups is 1. The summed E-state index contributed by atoms with van der Waals surface area (Å²) in [5, 5.41) is 4.55. The van der Waals surface area contributed by atoms with Crippen LogP contribution in [0.1, 0.15) is 44.1 Å². The Kier molecular flexibility index (Phi) is 8.62. The van der Waals surface area contributed by atoms with Crippen molar-refractivity contribution in [3.05, 3.63) is 71.1 Å². The molecule has 0 saturated heterocycles. The summed E-state index contributed by atoms with van der Waals surface area (Å²) in [4.78, 5) is 17.0. The van der Waals surface area contributed by atoms with Crippen molar-refractivity contribution in [3.8, 4) is 0 Å². The lowest BCUT2D eigenvalue weighted by molar-refractivity contribution is -0.121. The summed E-state index contributed by atoms with van der Waals surface area (Å²) in [7, 11) is -3.67. The quantitative estimate of drug-likeness (QED) is 0.418. The molecule has 1 aliphatic rings. The summed E-state index contributed by atoms with van der Waals surface area (Å²) >= 11 is 5.90. The zero-order chi connectivity index (χ0) is 24.9.